The predicted molar refractivity (Wildman–Crippen MR) is 100.0 cm³/mol. The number of sulfonamides is 1. The molecule has 1 heterocycles. The summed E-state index contributed by atoms with van der Waals surface area (Å²) in [5.74, 6) is 0.737. The Labute approximate surface area is 157 Å². The van der Waals surface area contributed by atoms with Crippen molar-refractivity contribution in [2.24, 2.45) is 0 Å². The molecular weight excluding hydrogens is 372 g/mol. The number of morpholine rings is 1. The quantitative estimate of drug-likeness (QED) is 0.807. The fraction of sp³-hybridized carbons (Fsp3) is 0.278. The average Bonchev–Trinajstić information content (AvgIpc) is 2.68. The SMILES string of the molecule is COc1ccc(NS(=O)(=O)c2ccc(N3CCOCC3=O)cc2)c(OC)c1. The van der Waals surface area contributed by atoms with Gasteiger partial charge in [0.15, 0.2) is 0 Å². The van der Waals surface area contributed by atoms with Gasteiger partial charge in [-0.15, -0.1) is 0 Å². The Balaban J connectivity index is 1.82. The van der Waals surface area contributed by atoms with E-state index in [1.165, 1.54) is 26.4 Å². The molecule has 0 atom stereocenters. The average molecular weight is 392 g/mol. The standard InChI is InChI=1S/C18H20N2O6S/c1-24-14-5-8-16(17(11-14)25-2)19-27(22,23)15-6-3-13(4-7-15)20-9-10-26-12-18(20)21/h3-8,11,19H,9-10,12H2,1-2H3. The van der Waals surface area contributed by atoms with E-state index in [-0.39, 0.29) is 17.4 Å². The highest BCUT2D eigenvalue weighted by Crippen LogP contribution is 2.31. The zero-order valence-corrected chi connectivity index (χ0v) is 15.8. The molecular formula is C18H20N2O6S. The van der Waals surface area contributed by atoms with E-state index in [1.807, 2.05) is 0 Å². The number of benzene rings is 2. The van der Waals surface area contributed by atoms with Gasteiger partial charge in [0, 0.05) is 18.3 Å². The van der Waals surface area contributed by atoms with E-state index in [0.717, 1.165) is 0 Å². The summed E-state index contributed by atoms with van der Waals surface area (Å²) < 4.78 is 43.3. The second-order valence-electron chi connectivity index (χ2n) is 5.76. The van der Waals surface area contributed by atoms with Crippen molar-refractivity contribution in [3.63, 3.8) is 0 Å². The number of hydrogen-bond acceptors (Lipinski definition) is 6. The second kappa shape index (κ2) is 7.85. The fourth-order valence-electron chi connectivity index (χ4n) is 2.68. The molecule has 0 aromatic heterocycles. The van der Waals surface area contributed by atoms with Crippen LogP contribution in [-0.2, 0) is 19.6 Å². The van der Waals surface area contributed by atoms with Gasteiger partial charge in [0.2, 0.25) is 0 Å². The van der Waals surface area contributed by atoms with Crippen molar-refractivity contribution < 1.29 is 27.4 Å². The minimum atomic E-state index is -3.83. The number of amides is 1. The number of methoxy groups -OCH3 is 2. The summed E-state index contributed by atoms with van der Waals surface area (Å²) >= 11 is 0. The first-order chi connectivity index (χ1) is 12.9. The third-order valence-electron chi connectivity index (χ3n) is 4.10. The highest BCUT2D eigenvalue weighted by atomic mass is 32.2. The summed E-state index contributed by atoms with van der Waals surface area (Å²) in [5, 5.41) is 0. The van der Waals surface area contributed by atoms with E-state index in [2.05, 4.69) is 4.72 Å². The second-order valence-corrected chi connectivity index (χ2v) is 7.45. The molecule has 0 spiro atoms. The predicted octanol–water partition coefficient (Wildman–Crippen LogP) is 1.87. The molecule has 1 aliphatic rings. The maximum atomic E-state index is 12.7. The largest absolute Gasteiger partial charge is 0.497 e. The number of hydrogen-bond donors (Lipinski definition) is 1. The van der Waals surface area contributed by atoms with Crippen molar-refractivity contribution in [3.8, 4) is 11.5 Å². The van der Waals surface area contributed by atoms with Gasteiger partial charge in [0.25, 0.3) is 15.9 Å². The van der Waals surface area contributed by atoms with Gasteiger partial charge in [-0.25, -0.2) is 8.42 Å². The molecule has 1 fully saturated rings. The van der Waals surface area contributed by atoms with Crippen molar-refractivity contribution in [2.75, 3.05) is 43.6 Å². The van der Waals surface area contributed by atoms with Crippen molar-refractivity contribution in [1.82, 2.24) is 0 Å². The Morgan fingerprint density at radius 2 is 1.81 bits per heavy atom. The van der Waals surface area contributed by atoms with Crippen LogP contribution in [0, 0.1) is 0 Å². The van der Waals surface area contributed by atoms with Crippen molar-refractivity contribution in [1.29, 1.82) is 0 Å². The van der Waals surface area contributed by atoms with Crippen LogP contribution in [0.3, 0.4) is 0 Å². The Hall–Kier alpha value is -2.78. The van der Waals surface area contributed by atoms with Crippen LogP contribution in [0.1, 0.15) is 0 Å². The van der Waals surface area contributed by atoms with Crippen molar-refractivity contribution in [3.05, 3.63) is 42.5 Å². The van der Waals surface area contributed by atoms with Crippen LogP contribution in [-0.4, -0.2) is 48.3 Å². The van der Waals surface area contributed by atoms with Crippen molar-refractivity contribution >= 4 is 27.3 Å². The maximum absolute atomic E-state index is 12.7. The molecule has 1 aliphatic heterocycles. The van der Waals surface area contributed by atoms with Crippen LogP contribution in [0.2, 0.25) is 0 Å². The first kappa shape index (κ1) is 19.0. The van der Waals surface area contributed by atoms with Gasteiger partial charge in [-0.05, 0) is 36.4 Å². The van der Waals surface area contributed by atoms with Gasteiger partial charge in [0.05, 0.1) is 31.4 Å². The van der Waals surface area contributed by atoms with Crippen LogP contribution >= 0.6 is 0 Å². The number of nitrogens with zero attached hydrogens (tertiary/aromatic N) is 1. The summed E-state index contributed by atoms with van der Waals surface area (Å²) in [4.78, 5) is 13.5. The smallest absolute Gasteiger partial charge is 0.262 e. The lowest BCUT2D eigenvalue weighted by molar-refractivity contribution is -0.125. The fourth-order valence-corrected chi connectivity index (χ4v) is 3.75. The third kappa shape index (κ3) is 4.15. The van der Waals surface area contributed by atoms with E-state index in [4.69, 9.17) is 14.2 Å². The number of carbonyl (C=O) groups is 1. The van der Waals surface area contributed by atoms with Crippen LogP contribution in [0.25, 0.3) is 0 Å². The Morgan fingerprint density at radius 3 is 2.44 bits per heavy atom. The first-order valence-electron chi connectivity index (χ1n) is 8.17. The van der Waals surface area contributed by atoms with E-state index in [0.29, 0.717) is 36.0 Å². The molecule has 0 unspecified atom stereocenters. The molecule has 1 N–H and O–H groups in total. The number of ether oxygens (including phenoxy) is 3. The highest BCUT2D eigenvalue weighted by molar-refractivity contribution is 7.92. The van der Waals surface area contributed by atoms with Crippen LogP contribution in [0.4, 0.5) is 11.4 Å². The van der Waals surface area contributed by atoms with E-state index >= 15 is 0 Å². The molecule has 0 radical (unpaired) electrons. The Kier molecular flexibility index (Phi) is 5.52. The summed E-state index contributed by atoms with van der Waals surface area (Å²) in [6.45, 7) is 0.912. The zero-order chi connectivity index (χ0) is 19.4. The maximum Gasteiger partial charge on any atom is 0.262 e. The lowest BCUT2D eigenvalue weighted by Crippen LogP contribution is -2.41. The highest BCUT2D eigenvalue weighted by Gasteiger charge is 2.22. The van der Waals surface area contributed by atoms with Gasteiger partial charge < -0.3 is 19.1 Å². The Bertz CT molecular complexity index is 927. The normalized spacial score (nSPS) is 14.7. The monoisotopic (exact) mass is 392 g/mol. The van der Waals surface area contributed by atoms with Gasteiger partial charge in [-0.2, -0.15) is 0 Å². The number of carbonyl (C=O) groups excluding carboxylic acids is 1. The summed E-state index contributed by atoms with van der Waals surface area (Å²) in [5.41, 5.74) is 0.926. The van der Waals surface area contributed by atoms with Crippen LogP contribution in [0.15, 0.2) is 47.4 Å². The lowest BCUT2D eigenvalue weighted by Gasteiger charge is -2.26. The summed E-state index contributed by atoms with van der Waals surface area (Å²) in [6.07, 6.45) is 0. The molecule has 144 valence electrons. The van der Waals surface area contributed by atoms with Crippen LogP contribution in [0.5, 0.6) is 11.5 Å². The van der Waals surface area contributed by atoms with E-state index in [9.17, 15) is 13.2 Å². The minimum Gasteiger partial charge on any atom is -0.497 e. The van der Waals surface area contributed by atoms with Crippen molar-refractivity contribution in [2.45, 2.75) is 4.90 Å². The topological polar surface area (TPSA) is 94.2 Å². The molecule has 2 aromatic carbocycles. The molecule has 0 saturated carbocycles. The number of anilines is 2. The van der Waals surface area contributed by atoms with E-state index < -0.39 is 10.0 Å². The minimum absolute atomic E-state index is 0.0267. The molecule has 2 aromatic rings. The number of rotatable bonds is 6. The van der Waals surface area contributed by atoms with E-state index in [1.54, 1.807) is 35.2 Å². The molecule has 0 bridgehead atoms. The van der Waals surface area contributed by atoms with Gasteiger partial charge in [0.1, 0.15) is 18.1 Å². The third-order valence-corrected chi connectivity index (χ3v) is 5.48. The lowest BCUT2D eigenvalue weighted by atomic mass is 10.2. The molecule has 27 heavy (non-hydrogen) atoms. The molecule has 3 rings (SSSR count). The van der Waals surface area contributed by atoms with Crippen LogP contribution < -0.4 is 19.1 Å². The van der Waals surface area contributed by atoms with Gasteiger partial charge >= 0.3 is 0 Å². The molecule has 8 nitrogen and oxygen atoms in total. The number of nitrogens with one attached hydrogen (secondary N) is 1. The van der Waals surface area contributed by atoms with Gasteiger partial charge in [-0.3, -0.25) is 9.52 Å². The Morgan fingerprint density at radius 1 is 1.07 bits per heavy atom. The summed E-state index contributed by atoms with van der Waals surface area (Å²) in [6, 6.07) is 10.9. The van der Waals surface area contributed by atoms with Gasteiger partial charge in [-0.1, -0.05) is 0 Å². The zero-order valence-electron chi connectivity index (χ0n) is 15.0. The molecule has 1 saturated heterocycles. The summed E-state index contributed by atoms with van der Waals surface area (Å²) in [7, 11) is -0.867. The molecule has 0 aliphatic carbocycles. The molecule has 9 heteroatoms. The first-order valence-corrected chi connectivity index (χ1v) is 9.66. The molecule has 1 amide bonds.